The first-order valence-electron chi connectivity index (χ1n) is 14.9. The van der Waals surface area contributed by atoms with Gasteiger partial charge in [-0.3, -0.25) is 9.78 Å². The summed E-state index contributed by atoms with van der Waals surface area (Å²) in [6.07, 6.45) is 9.15. The van der Waals surface area contributed by atoms with Crippen LogP contribution in [0.1, 0.15) is 82.7 Å². The highest BCUT2D eigenvalue weighted by molar-refractivity contribution is 7.89. The molecule has 2 aromatic carbocycles. The molecule has 3 N–H and O–H groups in total. The van der Waals surface area contributed by atoms with Gasteiger partial charge >= 0.3 is 0 Å². The van der Waals surface area contributed by atoms with E-state index in [1.54, 1.807) is 25.3 Å². The molecule has 2 unspecified atom stereocenters. The van der Waals surface area contributed by atoms with Gasteiger partial charge in [0.25, 0.3) is 0 Å². The van der Waals surface area contributed by atoms with Gasteiger partial charge in [0.15, 0.2) is 0 Å². The number of rotatable bonds is 9. The fourth-order valence-electron chi connectivity index (χ4n) is 6.07. The van der Waals surface area contributed by atoms with E-state index in [0.29, 0.717) is 0 Å². The molecule has 2 atom stereocenters. The minimum Gasteiger partial charge on any atom is -0.361 e. The van der Waals surface area contributed by atoms with Crippen LogP contribution in [0.15, 0.2) is 84.0 Å². The second kappa shape index (κ2) is 12.0. The lowest BCUT2D eigenvalue weighted by molar-refractivity contribution is -0.127. The number of sulfonamides is 1. The Morgan fingerprint density at radius 3 is 2.31 bits per heavy atom. The molecule has 0 bridgehead atoms. The first kappa shape index (κ1) is 30.0. The van der Waals surface area contributed by atoms with Gasteiger partial charge in [0.05, 0.1) is 16.6 Å². The molecule has 0 spiro atoms. The highest BCUT2D eigenvalue weighted by atomic mass is 32.2. The van der Waals surface area contributed by atoms with Gasteiger partial charge in [-0.25, -0.2) is 8.42 Å². The molecular formula is C34H42N4O3S. The number of carbonyl (C=O) groups excluding carboxylic acids is 1. The number of H-pyrrole nitrogens is 1. The maximum atomic E-state index is 14.4. The van der Waals surface area contributed by atoms with Crippen LogP contribution in [0.5, 0.6) is 0 Å². The van der Waals surface area contributed by atoms with Crippen LogP contribution in [0.4, 0.5) is 0 Å². The van der Waals surface area contributed by atoms with Gasteiger partial charge in [-0.2, -0.15) is 4.72 Å². The van der Waals surface area contributed by atoms with Crippen molar-refractivity contribution in [2.24, 2.45) is 5.92 Å². The molecule has 1 aliphatic carbocycles. The van der Waals surface area contributed by atoms with Crippen molar-refractivity contribution in [3.8, 4) is 0 Å². The van der Waals surface area contributed by atoms with E-state index in [-0.39, 0.29) is 34.6 Å². The lowest BCUT2D eigenvalue weighted by Gasteiger charge is -2.35. The Balaban J connectivity index is 1.51. The third kappa shape index (κ3) is 6.60. The van der Waals surface area contributed by atoms with Crippen molar-refractivity contribution >= 4 is 26.8 Å². The highest BCUT2D eigenvalue weighted by Gasteiger charge is 2.41. The van der Waals surface area contributed by atoms with Crippen molar-refractivity contribution in [3.05, 3.63) is 95.9 Å². The molecule has 5 rings (SSSR count). The number of benzene rings is 2. The van der Waals surface area contributed by atoms with Gasteiger partial charge in [0.1, 0.15) is 5.54 Å². The number of hydrogen-bond acceptors (Lipinski definition) is 4. The van der Waals surface area contributed by atoms with Crippen LogP contribution in [-0.2, 0) is 26.7 Å². The van der Waals surface area contributed by atoms with Crippen LogP contribution >= 0.6 is 0 Å². The van der Waals surface area contributed by atoms with Crippen molar-refractivity contribution in [2.45, 2.75) is 88.1 Å². The Hall–Kier alpha value is -3.49. The quantitative estimate of drug-likeness (QED) is 0.206. The topological polar surface area (TPSA) is 104 Å². The third-order valence-electron chi connectivity index (χ3n) is 8.52. The summed E-state index contributed by atoms with van der Waals surface area (Å²) in [5, 5.41) is 4.23. The van der Waals surface area contributed by atoms with Gasteiger partial charge in [0.2, 0.25) is 15.9 Å². The van der Waals surface area contributed by atoms with E-state index in [9.17, 15) is 13.2 Å². The summed E-state index contributed by atoms with van der Waals surface area (Å²) in [6, 6.07) is 20.2. The van der Waals surface area contributed by atoms with Gasteiger partial charge in [-0.1, -0.05) is 76.4 Å². The maximum absolute atomic E-state index is 14.4. The molecule has 2 heterocycles. The Morgan fingerprint density at radius 1 is 0.952 bits per heavy atom. The molecule has 1 saturated carbocycles. The van der Waals surface area contributed by atoms with Crippen molar-refractivity contribution in [3.63, 3.8) is 0 Å². The normalized spacial score (nSPS) is 17.0. The van der Waals surface area contributed by atoms with Crippen LogP contribution in [0, 0.1) is 5.92 Å². The Labute approximate surface area is 249 Å². The number of amides is 1. The van der Waals surface area contributed by atoms with Crippen molar-refractivity contribution in [2.75, 3.05) is 0 Å². The van der Waals surface area contributed by atoms with E-state index in [1.165, 1.54) is 6.42 Å². The summed E-state index contributed by atoms with van der Waals surface area (Å²) in [7, 11) is -4.04. The predicted molar refractivity (Wildman–Crippen MR) is 168 cm³/mol. The number of aromatic nitrogens is 2. The van der Waals surface area contributed by atoms with Crippen LogP contribution < -0.4 is 10.0 Å². The van der Waals surface area contributed by atoms with E-state index >= 15 is 0 Å². The maximum Gasteiger partial charge on any atom is 0.241 e. The number of nitrogens with one attached hydrogen (secondary N) is 3. The molecule has 8 heteroatoms. The first-order valence-corrected chi connectivity index (χ1v) is 16.4. The summed E-state index contributed by atoms with van der Waals surface area (Å²) >= 11 is 0. The van der Waals surface area contributed by atoms with Gasteiger partial charge in [0, 0.05) is 29.7 Å². The summed E-state index contributed by atoms with van der Waals surface area (Å²) in [4.78, 5) is 22.4. The summed E-state index contributed by atoms with van der Waals surface area (Å²) in [5.74, 6) is -0.139. The Kier molecular flexibility index (Phi) is 8.58. The van der Waals surface area contributed by atoms with E-state index < -0.39 is 15.6 Å². The predicted octanol–water partition coefficient (Wildman–Crippen LogP) is 6.58. The Bertz CT molecular complexity index is 1620. The molecular weight excluding hydrogens is 544 g/mol. The minimum atomic E-state index is -4.04. The van der Waals surface area contributed by atoms with Crippen LogP contribution in [0.3, 0.4) is 0 Å². The largest absolute Gasteiger partial charge is 0.361 e. The SMILES string of the molecule is CC(Cc1c[nH]c2ccccc12)(NS(=O)(=O)c1ccc(C(C)(C)C)cc1)C(=O)NC(c1ccccn1)C1CCCCC1. The minimum absolute atomic E-state index is 0.112. The monoisotopic (exact) mass is 586 g/mol. The van der Waals surface area contributed by atoms with Crippen LogP contribution in [0.25, 0.3) is 10.9 Å². The summed E-state index contributed by atoms with van der Waals surface area (Å²) < 4.78 is 30.5. The Morgan fingerprint density at radius 2 is 1.64 bits per heavy atom. The van der Waals surface area contributed by atoms with Crippen LogP contribution in [-0.4, -0.2) is 29.8 Å². The number of pyridine rings is 1. The molecule has 222 valence electrons. The zero-order valence-electron chi connectivity index (χ0n) is 25.0. The molecule has 2 aromatic heterocycles. The summed E-state index contributed by atoms with van der Waals surface area (Å²) in [5.41, 5.74) is 2.04. The average molecular weight is 587 g/mol. The number of hydrogen-bond donors (Lipinski definition) is 3. The molecule has 1 amide bonds. The molecule has 42 heavy (non-hydrogen) atoms. The fourth-order valence-corrected chi connectivity index (χ4v) is 7.44. The molecule has 0 aliphatic heterocycles. The lowest BCUT2D eigenvalue weighted by atomic mass is 9.82. The molecule has 0 saturated heterocycles. The fraction of sp³-hybridized carbons (Fsp3) is 0.412. The first-order chi connectivity index (χ1) is 20.0. The second-order valence-corrected chi connectivity index (χ2v) is 14.5. The van der Waals surface area contributed by atoms with Gasteiger partial charge in [-0.15, -0.1) is 0 Å². The van der Waals surface area contributed by atoms with Crippen molar-refractivity contribution in [1.29, 1.82) is 0 Å². The molecule has 1 fully saturated rings. The summed E-state index contributed by atoms with van der Waals surface area (Å²) in [6.45, 7) is 7.94. The van der Waals surface area contributed by atoms with E-state index in [4.69, 9.17) is 0 Å². The van der Waals surface area contributed by atoms with Crippen LogP contribution in [0.2, 0.25) is 0 Å². The standard InChI is InChI=1S/C34H42N4O3S/c1-33(2,3)26-17-19-27(20-18-26)42(40,41)38-34(4,22-25-23-36-29-15-9-8-14-28(25)29)32(39)37-31(24-12-6-5-7-13-24)30-16-10-11-21-35-30/h8-11,14-21,23-24,31,36,38H,5-7,12-13,22H2,1-4H3,(H,37,39). The second-order valence-electron chi connectivity index (χ2n) is 12.9. The zero-order valence-corrected chi connectivity index (χ0v) is 25.8. The van der Waals surface area contributed by atoms with Crippen molar-refractivity contribution < 1.29 is 13.2 Å². The smallest absolute Gasteiger partial charge is 0.241 e. The van der Waals surface area contributed by atoms with E-state index in [2.05, 4.69) is 40.8 Å². The number of fused-ring (bicyclic) bond motifs is 1. The molecule has 1 aliphatic rings. The van der Waals surface area contributed by atoms with Crippen molar-refractivity contribution in [1.82, 2.24) is 20.0 Å². The average Bonchev–Trinajstić information content (AvgIpc) is 3.38. The third-order valence-corrected chi connectivity index (χ3v) is 10.1. The van der Waals surface area contributed by atoms with E-state index in [1.807, 2.05) is 60.8 Å². The van der Waals surface area contributed by atoms with Gasteiger partial charge < -0.3 is 10.3 Å². The molecule has 4 aromatic rings. The molecule has 7 nitrogen and oxygen atoms in total. The highest BCUT2D eigenvalue weighted by Crippen LogP contribution is 2.35. The van der Waals surface area contributed by atoms with Gasteiger partial charge in [-0.05, 0) is 72.6 Å². The lowest BCUT2D eigenvalue weighted by Crippen LogP contribution is -2.59. The zero-order chi connectivity index (χ0) is 30.0. The molecule has 0 radical (unpaired) electrons. The number of nitrogens with zero attached hydrogens (tertiary/aromatic N) is 1. The number of carbonyl (C=O) groups is 1. The number of aromatic amines is 1. The number of para-hydroxylation sites is 1. The van der Waals surface area contributed by atoms with E-state index in [0.717, 1.165) is 53.4 Å².